The van der Waals surface area contributed by atoms with Crippen molar-refractivity contribution in [1.29, 1.82) is 0 Å². The summed E-state index contributed by atoms with van der Waals surface area (Å²) in [6.45, 7) is 4.44. The zero-order chi connectivity index (χ0) is 62.7. The van der Waals surface area contributed by atoms with E-state index in [9.17, 15) is 26.3 Å². The number of alkyl halides is 6. The van der Waals surface area contributed by atoms with E-state index >= 15 is 0 Å². The summed E-state index contributed by atoms with van der Waals surface area (Å²) >= 11 is 1.75. The maximum absolute atomic E-state index is 13.8. The van der Waals surface area contributed by atoms with Gasteiger partial charge in [0, 0.05) is 5.41 Å². The molecule has 0 N–H and O–H groups in total. The van der Waals surface area contributed by atoms with Crippen molar-refractivity contribution in [3.63, 3.8) is 0 Å². The molecule has 9 aromatic rings. The summed E-state index contributed by atoms with van der Waals surface area (Å²) in [6, 6.07) is 65.6. The number of ether oxygens (including phenoxy) is 8. The van der Waals surface area contributed by atoms with Crippen LogP contribution in [0.3, 0.4) is 0 Å². The summed E-state index contributed by atoms with van der Waals surface area (Å²) < 4.78 is 124. The number of thioether (sulfide) groups is 1. The summed E-state index contributed by atoms with van der Waals surface area (Å²) in [4.78, 5) is 0. The quantitative estimate of drug-likeness (QED) is 0.0990. The normalized spacial score (nSPS) is 12.0. The molecule has 0 atom stereocenters. The lowest BCUT2D eigenvalue weighted by atomic mass is 9.68. The van der Waals surface area contributed by atoms with Crippen molar-refractivity contribution in [2.45, 2.75) is 42.4 Å². The summed E-state index contributed by atoms with van der Waals surface area (Å²) in [5, 5.41) is 0. The second kappa shape index (κ2) is 29.9. The van der Waals surface area contributed by atoms with Crippen molar-refractivity contribution in [1.82, 2.24) is 0 Å². The predicted molar refractivity (Wildman–Crippen MR) is 333 cm³/mol. The van der Waals surface area contributed by atoms with Crippen molar-refractivity contribution >= 4 is 11.8 Å². The SMILES string of the molecule is COc1ccc(C(C)(C)c2ccc(OC)cc2)cc1.COc1ccc(C(c2ccc(OC)cc2)(C(F)(F)F)C(F)(F)F)cc1.COc1ccc(C2(c3ccc(OC)cc3)c3ccccc3-c3ccccc32)cc1.COc1ccc(OC)cc1.CSC. The first-order valence-corrected chi connectivity index (χ1v) is 28.6. The largest absolute Gasteiger partial charge is 0.497 e. The van der Waals surface area contributed by atoms with Crippen LogP contribution in [0.15, 0.2) is 218 Å². The van der Waals surface area contributed by atoms with Crippen molar-refractivity contribution in [3.05, 3.63) is 263 Å². The fourth-order valence-electron chi connectivity index (χ4n) is 10.3. The van der Waals surface area contributed by atoms with Crippen LogP contribution in [0.5, 0.6) is 46.0 Å². The van der Waals surface area contributed by atoms with Gasteiger partial charge in [-0.25, -0.2) is 0 Å². The molecule has 0 heterocycles. The minimum atomic E-state index is -5.62. The number of rotatable bonds is 14. The molecule has 0 fully saturated rings. The summed E-state index contributed by atoms with van der Waals surface area (Å²) in [5.41, 5.74) is 3.66. The minimum absolute atomic E-state index is 0.0431. The fraction of sp³-hybridized carbons (Fsp3) is 0.239. The molecule has 0 bridgehead atoms. The van der Waals surface area contributed by atoms with Gasteiger partial charge in [-0.15, -0.1) is 0 Å². The minimum Gasteiger partial charge on any atom is -0.497 e. The van der Waals surface area contributed by atoms with Gasteiger partial charge >= 0.3 is 12.4 Å². The van der Waals surface area contributed by atoms with Gasteiger partial charge in [-0.2, -0.15) is 38.1 Å². The van der Waals surface area contributed by atoms with Crippen LogP contribution in [0.1, 0.15) is 58.4 Å². The van der Waals surface area contributed by atoms with Gasteiger partial charge in [0.25, 0.3) is 0 Å². The molecule has 0 aromatic heterocycles. The molecular weight excluding hydrogens is 1130 g/mol. The highest BCUT2D eigenvalue weighted by Crippen LogP contribution is 2.58. The lowest BCUT2D eigenvalue weighted by Gasteiger charge is -2.38. The Labute approximate surface area is 505 Å². The molecule has 1 aliphatic carbocycles. The van der Waals surface area contributed by atoms with Crippen LogP contribution in [0, 0.1) is 0 Å². The summed E-state index contributed by atoms with van der Waals surface area (Å²) in [7, 11) is 12.6. The van der Waals surface area contributed by atoms with Crippen LogP contribution in [0.4, 0.5) is 26.3 Å². The van der Waals surface area contributed by atoms with E-state index in [4.69, 9.17) is 37.9 Å². The third kappa shape index (κ3) is 14.5. The number of fused-ring (bicyclic) bond motifs is 3. The van der Waals surface area contributed by atoms with Crippen LogP contribution in [-0.2, 0) is 16.2 Å². The highest BCUT2D eigenvalue weighted by Gasteiger charge is 2.72. The molecule has 0 unspecified atom stereocenters. The van der Waals surface area contributed by atoms with Gasteiger partial charge in [-0.3, -0.25) is 0 Å². The Hall–Kier alpha value is -8.69. The maximum atomic E-state index is 13.8. The Morgan fingerprint density at radius 3 is 0.709 bits per heavy atom. The molecule has 86 heavy (non-hydrogen) atoms. The van der Waals surface area contributed by atoms with E-state index in [2.05, 4.69) is 111 Å². The monoisotopic (exact) mass is 1200 g/mol. The predicted octanol–water partition coefficient (Wildman–Crippen LogP) is 17.9. The van der Waals surface area contributed by atoms with Gasteiger partial charge in [-0.1, -0.05) is 135 Å². The van der Waals surface area contributed by atoms with Crippen LogP contribution in [-0.4, -0.2) is 81.7 Å². The van der Waals surface area contributed by atoms with Crippen LogP contribution in [0.2, 0.25) is 0 Å². The van der Waals surface area contributed by atoms with Gasteiger partial charge in [0.05, 0.1) is 62.3 Å². The summed E-state index contributed by atoms with van der Waals surface area (Å²) in [5.74, 6) is 5.48. The Kier molecular flexibility index (Phi) is 23.1. The molecule has 1 aliphatic rings. The van der Waals surface area contributed by atoms with Gasteiger partial charge < -0.3 is 37.9 Å². The molecule has 452 valence electrons. The average Bonchev–Trinajstić information content (AvgIpc) is 1.74. The number of methoxy groups -OCH3 is 8. The Morgan fingerprint density at radius 1 is 0.291 bits per heavy atom. The van der Waals surface area contributed by atoms with Gasteiger partial charge in [-0.05, 0) is 165 Å². The van der Waals surface area contributed by atoms with Crippen LogP contribution < -0.4 is 37.9 Å². The van der Waals surface area contributed by atoms with E-state index in [-0.39, 0.29) is 22.3 Å². The zero-order valence-electron chi connectivity index (χ0n) is 50.2. The van der Waals surface area contributed by atoms with Crippen molar-refractivity contribution in [3.8, 4) is 57.1 Å². The Bertz CT molecular complexity index is 3250. The third-order valence-corrected chi connectivity index (χ3v) is 14.8. The highest BCUT2D eigenvalue weighted by molar-refractivity contribution is 7.97. The molecule has 0 aliphatic heterocycles. The average molecular weight is 1200 g/mol. The first kappa shape index (κ1) is 66.4. The van der Waals surface area contributed by atoms with E-state index in [1.807, 2.05) is 85.3 Å². The molecule has 9 aromatic carbocycles. The topological polar surface area (TPSA) is 73.8 Å². The van der Waals surface area contributed by atoms with Crippen molar-refractivity contribution < 1.29 is 64.2 Å². The van der Waals surface area contributed by atoms with Crippen LogP contribution in [0.25, 0.3) is 11.1 Å². The lowest BCUT2D eigenvalue weighted by molar-refractivity contribution is -0.288. The Balaban J connectivity index is 0.000000190. The van der Waals surface area contributed by atoms with E-state index < -0.39 is 28.9 Å². The molecule has 0 radical (unpaired) electrons. The maximum Gasteiger partial charge on any atom is 0.411 e. The highest BCUT2D eigenvalue weighted by atomic mass is 32.2. The van der Waals surface area contributed by atoms with E-state index in [1.54, 1.807) is 54.4 Å². The molecule has 10 rings (SSSR count). The van der Waals surface area contributed by atoms with E-state index in [1.165, 1.54) is 58.7 Å². The second-order valence-electron chi connectivity index (χ2n) is 19.9. The van der Waals surface area contributed by atoms with Gasteiger partial charge in [0.1, 0.15) is 46.0 Å². The second-order valence-corrected chi connectivity index (χ2v) is 20.7. The lowest BCUT2D eigenvalue weighted by Crippen LogP contribution is -2.54. The van der Waals surface area contributed by atoms with Crippen LogP contribution >= 0.6 is 11.8 Å². The molecule has 0 spiro atoms. The van der Waals surface area contributed by atoms with Crippen molar-refractivity contribution in [2.24, 2.45) is 0 Å². The number of benzene rings is 9. The number of hydrogen-bond donors (Lipinski definition) is 0. The third-order valence-electron chi connectivity index (χ3n) is 14.8. The molecule has 15 heteroatoms. The van der Waals surface area contributed by atoms with Gasteiger partial charge in [0.2, 0.25) is 5.41 Å². The Morgan fingerprint density at radius 2 is 0.488 bits per heavy atom. The fourth-order valence-corrected chi connectivity index (χ4v) is 10.3. The molecule has 0 saturated carbocycles. The molecule has 8 nitrogen and oxygen atoms in total. The summed E-state index contributed by atoms with van der Waals surface area (Å²) in [6.07, 6.45) is -7.15. The first-order valence-electron chi connectivity index (χ1n) is 27.0. The number of halogens is 6. The van der Waals surface area contributed by atoms with E-state index in [0.29, 0.717) is 0 Å². The zero-order valence-corrected chi connectivity index (χ0v) is 51.0. The molecule has 0 saturated heterocycles. The molecular formula is C71H72F6O8S. The number of hydrogen-bond acceptors (Lipinski definition) is 9. The smallest absolute Gasteiger partial charge is 0.411 e. The standard InChI is InChI=1S/C27H22O2.C17H14F6O2.C17H20O2.C8H10O2.C2H6S/c1-28-21-15-11-19(12-16-21)27(20-13-17-22(29-2)18-14-20)25-9-5-3-7-23(25)24-8-4-6-10-26(24)27;1-24-13-7-3-11(4-8-13)15(16(18,19)20,17(21,22)23)12-5-9-14(25-2)10-6-12;1-17(2,13-5-9-15(18-3)10-6-13)14-7-11-16(19-4)12-8-14;1-9-7-3-5-8(10-2)6-4-7;1-3-2/h3-18H,1-2H3;3-10H,1-2H3;5-12H,1-4H3;3-6H,1-2H3;1-2H3. The van der Waals surface area contributed by atoms with Crippen molar-refractivity contribution in [2.75, 3.05) is 69.4 Å². The molecule has 0 amide bonds. The first-order chi connectivity index (χ1) is 41.2. The van der Waals surface area contributed by atoms with E-state index in [0.717, 1.165) is 83.0 Å². The van der Waals surface area contributed by atoms with Gasteiger partial charge in [0.15, 0.2) is 0 Å².